The third kappa shape index (κ3) is 3.85. The molecule has 0 aliphatic carbocycles. The fourth-order valence-corrected chi connectivity index (χ4v) is 1.04. The summed E-state index contributed by atoms with van der Waals surface area (Å²) in [5.74, 6) is -0.399. The minimum Gasteiger partial charge on any atom is -0.319 e. The van der Waals surface area contributed by atoms with E-state index >= 15 is 0 Å². The van der Waals surface area contributed by atoms with Gasteiger partial charge < -0.3 is 5.32 Å². The van der Waals surface area contributed by atoms with Crippen molar-refractivity contribution in [1.29, 1.82) is 0 Å². The van der Waals surface area contributed by atoms with Crippen LogP contribution in [0.15, 0.2) is 24.3 Å². The molecular weight excluding hydrogens is 205 g/mol. The molecule has 0 amide bonds. The summed E-state index contributed by atoms with van der Waals surface area (Å²) in [5.41, 5.74) is 0.440. The van der Waals surface area contributed by atoms with Gasteiger partial charge in [-0.1, -0.05) is 12.1 Å². The van der Waals surface area contributed by atoms with Gasteiger partial charge in [0.25, 0.3) is 0 Å². The van der Waals surface area contributed by atoms with Gasteiger partial charge in [-0.15, -0.1) is 12.4 Å². The number of rotatable bonds is 4. The molecule has 1 rings (SSSR count). The smallest absolute Gasteiger partial charge is 0.164 e. The summed E-state index contributed by atoms with van der Waals surface area (Å²) in [7, 11) is 1.78. The molecule has 1 aromatic carbocycles. The topological polar surface area (TPSA) is 29.1 Å². The molecule has 14 heavy (non-hydrogen) atoms. The van der Waals surface area contributed by atoms with Gasteiger partial charge in [0.2, 0.25) is 0 Å². The van der Waals surface area contributed by atoms with Crippen LogP contribution in [0.2, 0.25) is 0 Å². The molecule has 4 heteroatoms. The Morgan fingerprint density at radius 2 is 2.21 bits per heavy atom. The van der Waals surface area contributed by atoms with Gasteiger partial charge >= 0.3 is 0 Å². The monoisotopic (exact) mass is 217 g/mol. The van der Waals surface area contributed by atoms with Crippen molar-refractivity contribution in [3.63, 3.8) is 0 Å². The Morgan fingerprint density at radius 1 is 1.50 bits per heavy atom. The van der Waals surface area contributed by atoms with Crippen molar-refractivity contribution in [3.05, 3.63) is 35.6 Å². The summed E-state index contributed by atoms with van der Waals surface area (Å²) in [4.78, 5) is 11.3. The van der Waals surface area contributed by atoms with Crippen molar-refractivity contribution in [2.75, 3.05) is 13.6 Å². The van der Waals surface area contributed by atoms with Crippen molar-refractivity contribution >= 4 is 18.2 Å². The molecule has 0 saturated heterocycles. The molecule has 78 valence electrons. The summed E-state index contributed by atoms with van der Waals surface area (Å²) in [6.07, 6.45) is 0.403. The lowest BCUT2D eigenvalue weighted by Crippen LogP contribution is -2.13. The highest BCUT2D eigenvalue weighted by atomic mass is 35.5. The molecule has 0 unspecified atom stereocenters. The highest BCUT2D eigenvalue weighted by Gasteiger charge is 2.04. The van der Waals surface area contributed by atoms with Gasteiger partial charge in [0.05, 0.1) is 0 Å². The quantitative estimate of drug-likeness (QED) is 0.783. The molecule has 0 atom stereocenters. The predicted molar refractivity (Wildman–Crippen MR) is 56.5 cm³/mol. The van der Waals surface area contributed by atoms with Crippen molar-refractivity contribution in [2.45, 2.75) is 6.42 Å². The Morgan fingerprint density at radius 3 is 2.79 bits per heavy atom. The molecule has 0 saturated carbocycles. The molecule has 1 N–H and O–H groups in total. The van der Waals surface area contributed by atoms with E-state index in [0.717, 1.165) is 0 Å². The molecule has 2 nitrogen and oxygen atoms in total. The number of benzene rings is 1. The maximum Gasteiger partial charge on any atom is 0.164 e. The zero-order valence-electron chi connectivity index (χ0n) is 7.92. The third-order valence-electron chi connectivity index (χ3n) is 1.75. The van der Waals surface area contributed by atoms with E-state index in [9.17, 15) is 9.18 Å². The second-order valence-electron chi connectivity index (χ2n) is 2.79. The number of hydrogen-bond donors (Lipinski definition) is 1. The fourth-order valence-electron chi connectivity index (χ4n) is 1.04. The van der Waals surface area contributed by atoms with Crippen LogP contribution in [0.5, 0.6) is 0 Å². The molecule has 0 spiro atoms. The summed E-state index contributed by atoms with van der Waals surface area (Å²) in [6, 6.07) is 5.76. The highest BCUT2D eigenvalue weighted by Crippen LogP contribution is 2.05. The number of Topliss-reactive ketones (excluding diaryl/α,β-unsaturated/α-hetero) is 1. The van der Waals surface area contributed by atoms with Crippen LogP contribution in [0.1, 0.15) is 16.8 Å². The SMILES string of the molecule is CNCCC(=O)c1cccc(F)c1.Cl. The highest BCUT2D eigenvalue weighted by molar-refractivity contribution is 5.96. The second kappa shape index (κ2) is 6.51. The van der Waals surface area contributed by atoms with E-state index in [0.29, 0.717) is 18.5 Å². The molecule has 0 fully saturated rings. The molecule has 0 aromatic heterocycles. The molecule has 1 aromatic rings. The van der Waals surface area contributed by atoms with Gasteiger partial charge in [-0.05, 0) is 19.2 Å². The van der Waals surface area contributed by atoms with E-state index in [1.54, 1.807) is 19.2 Å². The van der Waals surface area contributed by atoms with Crippen LogP contribution >= 0.6 is 12.4 Å². The van der Waals surface area contributed by atoms with Gasteiger partial charge in [0.15, 0.2) is 5.78 Å². The van der Waals surface area contributed by atoms with Gasteiger partial charge in [-0.2, -0.15) is 0 Å². The van der Waals surface area contributed by atoms with Crippen LogP contribution in [0, 0.1) is 5.82 Å². The van der Waals surface area contributed by atoms with Crippen LogP contribution < -0.4 is 5.32 Å². The van der Waals surface area contributed by atoms with Gasteiger partial charge in [0.1, 0.15) is 5.82 Å². The van der Waals surface area contributed by atoms with E-state index in [1.165, 1.54) is 12.1 Å². The number of nitrogens with one attached hydrogen (secondary N) is 1. The van der Waals surface area contributed by atoms with E-state index in [4.69, 9.17) is 0 Å². The fraction of sp³-hybridized carbons (Fsp3) is 0.300. The first-order valence-electron chi connectivity index (χ1n) is 4.17. The minimum atomic E-state index is -0.365. The van der Waals surface area contributed by atoms with Crippen LogP contribution in [0.25, 0.3) is 0 Å². The van der Waals surface area contributed by atoms with Crippen molar-refractivity contribution in [2.24, 2.45) is 0 Å². The van der Waals surface area contributed by atoms with Gasteiger partial charge in [-0.3, -0.25) is 4.79 Å². The molecule has 0 radical (unpaired) electrons. The van der Waals surface area contributed by atoms with Crippen LogP contribution in [-0.2, 0) is 0 Å². The lowest BCUT2D eigenvalue weighted by Gasteiger charge is -1.99. The number of hydrogen-bond acceptors (Lipinski definition) is 2. The molecule has 0 bridgehead atoms. The standard InChI is InChI=1S/C10H12FNO.ClH/c1-12-6-5-10(13)8-3-2-4-9(11)7-8;/h2-4,7,12H,5-6H2,1H3;1H. The molecular formula is C10H13ClFNO. The van der Waals surface area contributed by atoms with E-state index in [2.05, 4.69) is 5.32 Å². The lowest BCUT2D eigenvalue weighted by molar-refractivity contribution is 0.0983. The normalized spacial score (nSPS) is 9.29. The summed E-state index contributed by atoms with van der Waals surface area (Å²) in [5, 5.41) is 2.87. The Balaban J connectivity index is 0.00000169. The minimum absolute atomic E-state index is 0. The van der Waals surface area contributed by atoms with Crippen molar-refractivity contribution in [1.82, 2.24) is 5.32 Å². The first-order chi connectivity index (χ1) is 6.24. The van der Waals surface area contributed by atoms with E-state index in [-0.39, 0.29) is 24.0 Å². The van der Waals surface area contributed by atoms with E-state index in [1.807, 2.05) is 0 Å². The Hall–Kier alpha value is -0.930. The van der Waals surface area contributed by atoms with Crippen molar-refractivity contribution in [3.8, 4) is 0 Å². The average Bonchev–Trinajstić information content (AvgIpc) is 2.14. The zero-order chi connectivity index (χ0) is 9.68. The molecule has 0 heterocycles. The molecule has 0 aliphatic rings. The lowest BCUT2D eigenvalue weighted by atomic mass is 10.1. The maximum absolute atomic E-state index is 12.7. The Kier molecular flexibility index (Phi) is 6.08. The summed E-state index contributed by atoms with van der Waals surface area (Å²) >= 11 is 0. The predicted octanol–water partition coefficient (Wildman–Crippen LogP) is 2.04. The Bertz CT molecular complexity index is 304. The Labute approximate surface area is 88.9 Å². The number of carbonyl (C=O) groups is 1. The van der Waals surface area contributed by atoms with E-state index < -0.39 is 0 Å². The first kappa shape index (κ1) is 13.1. The average molecular weight is 218 g/mol. The second-order valence-corrected chi connectivity index (χ2v) is 2.79. The van der Waals surface area contributed by atoms with Crippen LogP contribution in [-0.4, -0.2) is 19.4 Å². The number of carbonyl (C=O) groups excluding carboxylic acids is 1. The number of ketones is 1. The molecule has 0 aliphatic heterocycles. The number of halogens is 2. The van der Waals surface area contributed by atoms with Crippen LogP contribution in [0.3, 0.4) is 0 Å². The van der Waals surface area contributed by atoms with Crippen LogP contribution in [0.4, 0.5) is 4.39 Å². The zero-order valence-corrected chi connectivity index (χ0v) is 8.73. The third-order valence-corrected chi connectivity index (χ3v) is 1.75. The van der Waals surface area contributed by atoms with Crippen molar-refractivity contribution < 1.29 is 9.18 Å². The maximum atomic E-state index is 12.7. The summed E-state index contributed by atoms with van der Waals surface area (Å²) < 4.78 is 12.7. The van der Waals surface area contributed by atoms with Gasteiger partial charge in [0, 0.05) is 18.5 Å². The van der Waals surface area contributed by atoms with Gasteiger partial charge in [-0.25, -0.2) is 4.39 Å². The first-order valence-corrected chi connectivity index (χ1v) is 4.17. The largest absolute Gasteiger partial charge is 0.319 e. The summed E-state index contributed by atoms with van der Waals surface area (Å²) in [6.45, 7) is 0.620.